The Morgan fingerprint density at radius 3 is 2.00 bits per heavy atom. The summed E-state index contributed by atoms with van der Waals surface area (Å²) in [5.74, 6) is -1.80. The van der Waals surface area contributed by atoms with Gasteiger partial charge in [0, 0.05) is 4.88 Å². The summed E-state index contributed by atoms with van der Waals surface area (Å²) >= 11 is 1.27. The first-order valence-electron chi connectivity index (χ1n) is 9.61. The lowest BCUT2D eigenvalue weighted by Gasteiger charge is -2.17. The van der Waals surface area contributed by atoms with Crippen molar-refractivity contribution in [1.82, 2.24) is 0 Å². The van der Waals surface area contributed by atoms with E-state index in [0.717, 1.165) is 50.2 Å². The van der Waals surface area contributed by atoms with Crippen LogP contribution in [-0.4, -0.2) is 22.2 Å². The Morgan fingerprint density at radius 1 is 0.828 bits per heavy atom. The molecule has 0 bridgehead atoms. The van der Waals surface area contributed by atoms with Gasteiger partial charge in [-0.1, -0.05) is 26.0 Å². The van der Waals surface area contributed by atoms with Gasteiger partial charge in [0.1, 0.15) is 4.88 Å². The predicted molar refractivity (Wildman–Crippen MR) is 117 cm³/mol. The lowest BCUT2D eigenvalue weighted by Crippen LogP contribution is -2.06. The van der Waals surface area contributed by atoms with Gasteiger partial charge >= 0.3 is 11.9 Å². The molecule has 0 atom stereocenters. The van der Waals surface area contributed by atoms with Crippen LogP contribution < -0.4 is 0 Å². The molecule has 0 aliphatic carbocycles. The average molecular weight is 409 g/mol. The van der Waals surface area contributed by atoms with Crippen molar-refractivity contribution in [2.45, 2.75) is 40.5 Å². The van der Waals surface area contributed by atoms with Gasteiger partial charge in [0.15, 0.2) is 0 Å². The van der Waals surface area contributed by atoms with Crippen molar-refractivity contribution in [3.05, 3.63) is 69.1 Å². The number of carboxylic acids is 2. The molecule has 0 aliphatic rings. The van der Waals surface area contributed by atoms with Crippen LogP contribution in [0.3, 0.4) is 0 Å². The smallest absolute Gasteiger partial charge is 0.345 e. The second-order valence-corrected chi connectivity index (χ2v) is 8.22. The minimum absolute atomic E-state index is 0.326. The first kappa shape index (κ1) is 20.8. The third kappa shape index (κ3) is 3.96. The van der Waals surface area contributed by atoms with E-state index in [1.807, 2.05) is 32.0 Å². The maximum Gasteiger partial charge on any atom is 0.345 e. The van der Waals surface area contributed by atoms with E-state index in [1.165, 1.54) is 11.3 Å². The third-order valence-electron chi connectivity index (χ3n) is 5.20. The third-order valence-corrected chi connectivity index (χ3v) is 6.32. The molecule has 0 saturated heterocycles. The number of aryl methyl sites for hydroxylation is 4. The molecule has 0 amide bonds. The van der Waals surface area contributed by atoms with E-state index in [0.29, 0.717) is 16.9 Å². The Balaban J connectivity index is 2.17. The van der Waals surface area contributed by atoms with Crippen LogP contribution >= 0.6 is 11.3 Å². The van der Waals surface area contributed by atoms with E-state index < -0.39 is 11.9 Å². The highest BCUT2D eigenvalue weighted by Crippen LogP contribution is 2.37. The van der Waals surface area contributed by atoms with Crippen molar-refractivity contribution in [2.75, 3.05) is 0 Å². The molecular weight excluding hydrogens is 384 g/mol. The second kappa shape index (κ2) is 8.21. The zero-order chi connectivity index (χ0) is 21.3. The molecule has 2 N–H and O–H groups in total. The number of rotatable bonds is 6. The van der Waals surface area contributed by atoms with E-state index >= 15 is 0 Å². The molecule has 1 heterocycles. The van der Waals surface area contributed by atoms with Gasteiger partial charge < -0.3 is 10.2 Å². The van der Waals surface area contributed by atoms with Crippen molar-refractivity contribution in [2.24, 2.45) is 0 Å². The van der Waals surface area contributed by atoms with Crippen LogP contribution in [0.5, 0.6) is 0 Å². The largest absolute Gasteiger partial charge is 0.478 e. The molecule has 0 fully saturated rings. The van der Waals surface area contributed by atoms with E-state index in [4.69, 9.17) is 0 Å². The first-order valence-corrected chi connectivity index (χ1v) is 10.4. The van der Waals surface area contributed by atoms with E-state index in [1.54, 1.807) is 6.07 Å². The quantitative estimate of drug-likeness (QED) is 0.508. The van der Waals surface area contributed by atoms with Gasteiger partial charge in [-0.3, -0.25) is 0 Å². The molecule has 0 aliphatic heterocycles. The predicted octanol–water partition coefficient (Wildman–Crippen LogP) is 6.22. The van der Waals surface area contributed by atoms with Crippen LogP contribution in [0.15, 0.2) is 36.4 Å². The summed E-state index contributed by atoms with van der Waals surface area (Å²) in [5, 5.41) is 18.8. The Labute approximate surface area is 174 Å². The number of aromatic carboxylic acids is 2. The molecule has 0 spiro atoms. The molecule has 29 heavy (non-hydrogen) atoms. The Hall–Kier alpha value is -2.92. The topological polar surface area (TPSA) is 74.6 Å². The summed E-state index contributed by atoms with van der Waals surface area (Å²) in [6.07, 6.45) is 1.48. The van der Waals surface area contributed by atoms with E-state index in [2.05, 4.69) is 26.0 Å². The lowest BCUT2D eigenvalue weighted by atomic mass is 9.87. The van der Waals surface area contributed by atoms with Gasteiger partial charge in [-0.05, 0) is 89.9 Å². The zero-order valence-corrected chi connectivity index (χ0v) is 17.8. The highest BCUT2D eigenvalue weighted by molar-refractivity contribution is 7.17. The maximum absolute atomic E-state index is 11.7. The standard InChI is InChI=1S/C24H24O4S/c1-5-15-11-17(19-7-8-20(29-19)23(25)26)9-13(3)21(15)18-10-14(4)22(24(27)28)16(6-2)12-18/h7-12H,5-6H2,1-4H3,(H,25,26)(H,27,28). The van der Waals surface area contributed by atoms with Crippen molar-refractivity contribution < 1.29 is 19.8 Å². The van der Waals surface area contributed by atoms with Gasteiger partial charge in [-0.15, -0.1) is 11.3 Å². The number of benzene rings is 2. The summed E-state index contributed by atoms with van der Waals surface area (Å²) in [5.41, 5.74) is 7.41. The average Bonchev–Trinajstić information content (AvgIpc) is 3.16. The fourth-order valence-electron chi connectivity index (χ4n) is 3.89. The van der Waals surface area contributed by atoms with Crippen LogP contribution in [0.2, 0.25) is 0 Å². The van der Waals surface area contributed by atoms with E-state index in [-0.39, 0.29) is 0 Å². The molecule has 5 heteroatoms. The molecule has 150 valence electrons. The minimum Gasteiger partial charge on any atom is -0.478 e. The molecular formula is C24H24O4S. The summed E-state index contributed by atoms with van der Waals surface area (Å²) in [4.78, 5) is 24.1. The number of hydrogen-bond donors (Lipinski definition) is 2. The number of hydrogen-bond acceptors (Lipinski definition) is 3. The van der Waals surface area contributed by atoms with Crippen molar-refractivity contribution >= 4 is 23.3 Å². The van der Waals surface area contributed by atoms with Crippen LogP contribution in [0.25, 0.3) is 21.6 Å². The number of carboxylic acid groups (broad SMARTS) is 2. The Morgan fingerprint density at radius 2 is 1.45 bits per heavy atom. The van der Waals surface area contributed by atoms with Gasteiger partial charge in [-0.2, -0.15) is 0 Å². The molecule has 2 aromatic carbocycles. The molecule has 4 nitrogen and oxygen atoms in total. The molecule has 3 rings (SSSR count). The normalized spacial score (nSPS) is 10.9. The van der Waals surface area contributed by atoms with Crippen LogP contribution in [-0.2, 0) is 12.8 Å². The molecule has 0 radical (unpaired) electrons. The molecule has 0 saturated carbocycles. The van der Waals surface area contributed by atoms with Crippen LogP contribution in [0.1, 0.15) is 56.1 Å². The molecule has 3 aromatic rings. The van der Waals surface area contributed by atoms with Crippen molar-refractivity contribution in [3.8, 4) is 21.6 Å². The SMILES string of the molecule is CCc1cc(-c2c(C)cc(-c3ccc(C(=O)O)s3)cc2CC)cc(C)c1C(=O)O. The van der Waals surface area contributed by atoms with Crippen molar-refractivity contribution in [3.63, 3.8) is 0 Å². The maximum atomic E-state index is 11.7. The Bertz CT molecular complexity index is 1110. The fourth-order valence-corrected chi connectivity index (χ4v) is 4.72. The highest BCUT2D eigenvalue weighted by Gasteiger charge is 2.18. The number of carbonyl (C=O) groups is 2. The first-order chi connectivity index (χ1) is 13.8. The van der Waals surface area contributed by atoms with Crippen LogP contribution in [0, 0.1) is 13.8 Å². The molecule has 1 aromatic heterocycles. The minimum atomic E-state index is -0.911. The van der Waals surface area contributed by atoms with Crippen molar-refractivity contribution in [1.29, 1.82) is 0 Å². The number of thiophene rings is 1. The fraction of sp³-hybridized carbons (Fsp3) is 0.250. The Kier molecular flexibility index (Phi) is 5.89. The van der Waals surface area contributed by atoms with Gasteiger partial charge in [0.2, 0.25) is 0 Å². The van der Waals surface area contributed by atoms with Crippen LogP contribution in [0.4, 0.5) is 0 Å². The monoisotopic (exact) mass is 408 g/mol. The summed E-state index contributed by atoms with van der Waals surface area (Å²) in [7, 11) is 0. The zero-order valence-electron chi connectivity index (χ0n) is 17.0. The highest BCUT2D eigenvalue weighted by atomic mass is 32.1. The lowest BCUT2D eigenvalue weighted by molar-refractivity contribution is 0.0687. The second-order valence-electron chi connectivity index (χ2n) is 7.14. The molecule has 0 unspecified atom stereocenters. The van der Waals surface area contributed by atoms with Gasteiger partial charge in [-0.25, -0.2) is 9.59 Å². The van der Waals surface area contributed by atoms with E-state index in [9.17, 15) is 19.8 Å². The van der Waals surface area contributed by atoms with Gasteiger partial charge in [0.05, 0.1) is 5.56 Å². The summed E-state index contributed by atoms with van der Waals surface area (Å²) in [6.45, 7) is 7.97. The summed E-state index contributed by atoms with van der Waals surface area (Å²) < 4.78 is 0. The summed E-state index contributed by atoms with van der Waals surface area (Å²) in [6, 6.07) is 11.6. The van der Waals surface area contributed by atoms with Gasteiger partial charge in [0.25, 0.3) is 0 Å².